The van der Waals surface area contributed by atoms with E-state index in [4.69, 9.17) is 59.8 Å². The zero-order chi connectivity index (χ0) is 58.6. The lowest BCUT2D eigenvalue weighted by molar-refractivity contribution is -0.228. The van der Waals surface area contributed by atoms with Crippen LogP contribution in [0.25, 0.3) is 10.9 Å². The maximum atomic E-state index is 15.3. The fraction of sp³-hybridized carbons (Fsp3) is 0.566. The molecule has 9 rings (SSSR count). The van der Waals surface area contributed by atoms with Crippen LogP contribution in [0.2, 0.25) is 0 Å². The number of halogens is 2. The maximum Gasteiger partial charge on any atom is 0.344 e. The molecule has 5 unspecified atom stereocenters. The number of carbonyl (C=O) groups is 7. The summed E-state index contributed by atoms with van der Waals surface area (Å²) < 4.78 is 54.3. The van der Waals surface area contributed by atoms with Crippen molar-refractivity contribution in [2.75, 3.05) is 59.5 Å². The lowest BCUT2D eigenvalue weighted by Crippen LogP contribution is -2.81. The van der Waals surface area contributed by atoms with Crippen LogP contribution >= 0.6 is 0 Å². The van der Waals surface area contributed by atoms with Gasteiger partial charge in [-0.25, -0.2) is 32.8 Å². The Hall–Kier alpha value is -6.81. The molecule has 5 aliphatic heterocycles. The number of aromatic nitrogens is 1. The zero-order valence-corrected chi connectivity index (χ0v) is 44.3. The highest BCUT2D eigenvalue weighted by atomic mass is 19.3. The first-order valence-corrected chi connectivity index (χ1v) is 25.3. The highest BCUT2D eigenvalue weighted by Gasteiger charge is 2.80. The van der Waals surface area contributed by atoms with Crippen molar-refractivity contribution in [3.63, 3.8) is 0 Å². The SMILES string of the molecule is CC[C@]12C=CCN3CC[C@@]4(c5cc([C@@]6(C(=O)OC)C[C@@H]7C[C@@H](C(C)(F)F)CN(Cc8c6[nH]c6ccccc86)C7)c(OC)cc5N(C)[C@H]4[C@@](O)(C(=O)OC)[C@@H]1OC(C)=O)[C@@H]32.O=C(O)C(O)C(O)C(=O)O.O=C(O)C(O)C(O)C(=O)O. The molecule has 6 heterocycles. The van der Waals surface area contributed by atoms with Gasteiger partial charge < -0.3 is 74.8 Å². The number of aliphatic hydroxyl groups excluding tert-OH is 4. The second-order valence-electron chi connectivity index (χ2n) is 21.2. The third-order valence-corrected chi connectivity index (χ3v) is 16.9. The number of carboxylic acid groups (broad SMARTS) is 4. The number of hydrogen-bond donors (Lipinski definition) is 10. The first-order valence-electron chi connectivity index (χ1n) is 25.3. The van der Waals surface area contributed by atoms with E-state index in [9.17, 15) is 33.9 Å². The summed E-state index contributed by atoms with van der Waals surface area (Å²) in [6.45, 7) is 6.55. The Morgan fingerprint density at radius 1 is 0.835 bits per heavy atom. The first-order chi connectivity index (χ1) is 37.0. The Morgan fingerprint density at radius 2 is 1.42 bits per heavy atom. The molecule has 1 spiro atoms. The summed E-state index contributed by atoms with van der Waals surface area (Å²) in [5.41, 5.74) is -1.64. The van der Waals surface area contributed by atoms with Gasteiger partial charge in [0.2, 0.25) is 11.5 Å². The van der Waals surface area contributed by atoms with Gasteiger partial charge in [-0.3, -0.25) is 19.4 Å². The van der Waals surface area contributed by atoms with Crippen LogP contribution < -0.4 is 9.64 Å². The minimum absolute atomic E-state index is 0.155. The van der Waals surface area contributed by atoms with Crippen molar-refractivity contribution in [2.24, 2.45) is 17.3 Å². The monoisotopic (exact) mass is 1120 g/mol. The maximum absolute atomic E-state index is 15.3. The van der Waals surface area contributed by atoms with Crippen molar-refractivity contribution < 1.29 is 107 Å². The van der Waals surface area contributed by atoms with Crippen molar-refractivity contribution in [1.82, 2.24) is 14.8 Å². The van der Waals surface area contributed by atoms with Gasteiger partial charge in [0.15, 0.2) is 30.5 Å². The molecule has 24 nitrogen and oxygen atoms in total. The molecule has 79 heavy (non-hydrogen) atoms. The molecule has 1 saturated carbocycles. The molecule has 26 heteroatoms. The molecule has 3 fully saturated rings. The fourth-order valence-electron chi connectivity index (χ4n) is 13.8. The molecule has 1 aromatic heterocycles. The Balaban J connectivity index is 0.000000384. The topological polar surface area (TPSA) is 364 Å². The lowest BCUT2D eigenvalue weighted by atomic mass is 9.47. The number of rotatable bonds is 13. The molecule has 14 atom stereocenters. The highest BCUT2D eigenvalue weighted by Crippen LogP contribution is 2.68. The van der Waals surface area contributed by atoms with Crippen LogP contribution in [0.3, 0.4) is 0 Å². The predicted molar refractivity (Wildman–Crippen MR) is 269 cm³/mol. The van der Waals surface area contributed by atoms with E-state index in [0.29, 0.717) is 61.7 Å². The van der Waals surface area contributed by atoms with E-state index in [1.807, 2.05) is 67.4 Å². The van der Waals surface area contributed by atoms with Crippen molar-refractivity contribution >= 4 is 58.4 Å². The number of alkyl halides is 2. The van der Waals surface area contributed by atoms with Gasteiger partial charge in [-0.15, -0.1) is 0 Å². The van der Waals surface area contributed by atoms with Crippen LogP contribution in [0, 0.1) is 17.3 Å². The summed E-state index contributed by atoms with van der Waals surface area (Å²) >= 11 is 0. The molecule has 0 amide bonds. The van der Waals surface area contributed by atoms with E-state index < -0.39 is 112 Å². The number of benzene rings is 2. The fourth-order valence-corrected chi connectivity index (χ4v) is 13.8. The molecule has 432 valence electrons. The molecule has 6 aliphatic rings. The predicted octanol–water partition coefficient (Wildman–Crippen LogP) is 0.834. The van der Waals surface area contributed by atoms with Gasteiger partial charge in [0.05, 0.1) is 27.4 Å². The third-order valence-electron chi connectivity index (χ3n) is 16.9. The second kappa shape index (κ2) is 22.0. The Bertz CT molecular complexity index is 2860. The van der Waals surface area contributed by atoms with Crippen LogP contribution in [0.15, 0.2) is 48.6 Å². The standard InChI is InChI=1S/C45H54F2N4O8.2C4H6O6/c1-8-42-14-11-16-51-17-15-43(36(42)51)30-19-31(34(56-5)20-33(30)49(4)37(43)45(55,40(54)58-7)38(42)59-25(2)52)44(39(53)57-6)21-26-18-27(41(3,46)47)23-50(22-26)24-29-28-12-9-10-13-32(28)48-35(29)44;2*5-1(3(7)8)2(6)4(9)10/h9-14,19-20,26-27,36-38,48,55H,8,15-18,21-24H2,1-7H3;2*1-2,5-6H,(H,7,8)(H,9,10)/t26-,27+,36-,37+,38+,42+,43+,44-,45-;;/m0../s1. The van der Waals surface area contributed by atoms with Crippen LogP contribution in [-0.4, -0.2) is 211 Å². The third kappa shape index (κ3) is 9.73. The van der Waals surface area contributed by atoms with Crippen LogP contribution in [0.5, 0.6) is 5.75 Å². The smallest absolute Gasteiger partial charge is 0.344 e. The van der Waals surface area contributed by atoms with Gasteiger partial charge in [0, 0.05) is 96.9 Å². The summed E-state index contributed by atoms with van der Waals surface area (Å²) in [7, 11) is 5.94. The van der Waals surface area contributed by atoms with Gasteiger partial charge in [0.25, 0.3) is 0 Å². The molecule has 1 aliphatic carbocycles. The van der Waals surface area contributed by atoms with Gasteiger partial charge in [-0.2, -0.15) is 0 Å². The highest BCUT2D eigenvalue weighted by molar-refractivity contribution is 5.95. The first kappa shape index (κ1) is 59.8. The Kier molecular flexibility index (Phi) is 16.7. The minimum atomic E-state index is -2.94. The minimum Gasteiger partial charge on any atom is -0.496 e. The molecule has 2 aromatic carbocycles. The van der Waals surface area contributed by atoms with Crippen molar-refractivity contribution in [3.8, 4) is 5.75 Å². The number of piperidine rings is 1. The average molecular weight is 1120 g/mol. The number of methoxy groups -OCH3 is 3. The normalized spacial score (nSPS) is 30.7. The molecular formula is C53H66F2N4O20. The number of carboxylic acids is 4. The van der Waals surface area contributed by atoms with E-state index in [1.54, 1.807) is 0 Å². The number of esters is 3. The van der Waals surface area contributed by atoms with Crippen LogP contribution in [0.4, 0.5) is 14.5 Å². The van der Waals surface area contributed by atoms with Gasteiger partial charge in [-0.05, 0) is 68.3 Å². The molecular weight excluding hydrogens is 1050 g/mol. The van der Waals surface area contributed by atoms with Crippen molar-refractivity contribution in [3.05, 3.63) is 70.9 Å². The van der Waals surface area contributed by atoms with E-state index in [-0.39, 0.29) is 31.3 Å². The zero-order valence-electron chi connectivity index (χ0n) is 44.3. The van der Waals surface area contributed by atoms with Crippen molar-refractivity contribution in [1.29, 1.82) is 0 Å². The number of nitrogens with zero attached hydrogens (tertiary/aromatic N) is 3. The van der Waals surface area contributed by atoms with E-state index >= 15 is 13.6 Å². The number of aromatic amines is 1. The summed E-state index contributed by atoms with van der Waals surface area (Å²) in [5.74, 6) is -13.0. The number of para-hydroxylation sites is 1. The average Bonchev–Trinajstić information content (AvgIpc) is 2.36. The van der Waals surface area contributed by atoms with Gasteiger partial charge in [0.1, 0.15) is 11.2 Å². The van der Waals surface area contributed by atoms with E-state index in [0.717, 1.165) is 29.0 Å². The molecule has 2 saturated heterocycles. The Morgan fingerprint density at radius 3 is 1.94 bits per heavy atom. The number of fused-ring (bicyclic) bond motifs is 6. The Labute approximate surface area is 450 Å². The molecule has 3 aromatic rings. The number of aliphatic carboxylic acids is 4. The summed E-state index contributed by atoms with van der Waals surface area (Å²) in [5, 5.41) is 79.2. The van der Waals surface area contributed by atoms with Crippen LogP contribution in [0.1, 0.15) is 68.8 Å². The summed E-state index contributed by atoms with van der Waals surface area (Å²) in [6.07, 6.45) is -5.03. The quantitative estimate of drug-likeness (QED) is 0.0644. The van der Waals surface area contributed by atoms with Crippen molar-refractivity contribution in [2.45, 2.75) is 118 Å². The number of ether oxygens (including phenoxy) is 4. The lowest BCUT2D eigenvalue weighted by Gasteiger charge is -2.63. The molecule has 2 bridgehead atoms. The van der Waals surface area contributed by atoms with Gasteiger partial charge >= 0.3 is 41.8 Å². The molecule has 10 N–H and O–H groups in total. The number of hydrogen-bond acceptors (Lipinski definition) is 19. The number of carbonyl (C=O) groups excluding carboxylic acids is 3. The number of H-pyrrole nitrogens is 1. The van der Waals surface area contributed by atoms with Crippen LogP contribution in [-0.2, 0) is 65.1 Å². The van der Waals surface area contributed by atoms with E-state index in [2.05, 4.69) is 14.8 Å². The number of anilines is 1. The molecule has 0 radical (unpaired) electrons. The largest absolute Gasteiger partial charge is 0.496 e. The number of nitrogens with one attached hydrogen (secondary N) is 1. The number of aliphatic hydroxyl groups is 5. The second-order valence-corrected chi connectivity index (χ2v) is 21.2. The van der Waals surface area contributed by atoms with Gasteiger partial charge in [-0.1, -0.05) is 37.3 Å². The number of likely N-dealkylation sites (N-methyl/N-ethyl adjacent to an activating group) is 1. The van der Waals surface area contributed by atoms with E-state index in [1.165, 1.54) is 28.3 Å². The summed E-state index contributed by atoms with van der Waals surface area (Å²) in [4.78, 5) is 91.6. The summed E-state index contributed by atoms with van der Waals surface area (Å²) in [6, 6.07) is 10.3.